The summed E-state index contributed by atoms with van der Waals surface area (Å²) in [5.74, 6) is 0.400. The highest BCUT2D eigenvalue weighted by Gasteiger charge is 2.28. The zero-order valence-corrected chi connectivity index (χ0v) is 18.3. The third-order valence-electron chi connectivity index (χ3n) is 5.36. The van der Waals surface area contributed by atoms with Gasteiger partial charge in [0.1, 0.15) is 5.75 Å². The maximum Gasteiger partial charge on any atom is 0.255 e. The molecule has 2 aromatic carbocycles. The number of allylic oxidation sites excluding steroid dienone is 1. The lowest BCUT2D eigenvalue weighted by Crippen LogP contribution is -2.43. The van der Waals surface area contributed by atoms with E-state index in [0.717, 1.165) is 23.4 Å². The zero-order chi connectivity index (χ0) is 22.7. The minimum atomic E-state index is -0.229. The van der Waals surface area contributed by atoms with Crippen LogP contribution in [0.25, 0.3) is 5.70 Å². The number of carbonyl (C=O) groups excluding carboxylic acids is 2. The summed E-state index contributed by atoms with van der Waals surface area (Å²) in [5, 5.41) is 6.30. The van der Waals surface area contributed by atoms with Gasteiger partial charge < -0.3 is 15.4 Å². The van der Waals surface area contributed by atoms with Crippen LogP contribution in [0.5, 0.6) is 5.75 Å². The van der Waals surface area contributed by atoms with E-state index in [4.69, 9.17) is 4.74 Å². The first-order valence-corrected chi connectivity index (χ1v) is 10.4. The third-order valence-corrected chi connectivity index (χ3v) is 5.36. The Morgan fingerprint density at radius 3 is 2.44 bits per heavy atom. The summed E-state index contributed by atoms with van der Waals surface area (Å²) in [4.78, 5) is 29.2. The lowest BCUT2D eigenvalue weighted by atomic mass is 9.85. The lowest BCUT2D eigenvalue weighted by molar-refractivity contribution is 0.102. The molecule has 162 valence electrons. The molecule has 2 heterocycles. The number of ether oxygens (including phenoxy) is 1. The predicted molar refractivity (Wildman–Crippen MR) is 125 cm³/mol. The van der Waals surface area contributed by atoms with Crippen molar-refractivity contribution in [2.24, 2.45) is 0 Å². The largest absolute Gasteiger partial charge is 0.497 e. The van der Waals surface area contributed by atoms with Gasteiger partial charge in [0.15, 0.2) is 5.78 Å². The Labute approximate surface area is 187 Å². The minimum absolute atomic E-state index is 0.119. The van der Waals surface area contributed by atoms with E-state index in [0.29, 0.717) is 16.8 Å². The summed E-state index contributed by atoms with van der Waals surface area (Å²) in [6.45, 7) is 4.22. The molecule has 6 nitrogen and oxygen atoms in total. The molecule has 3 aromatic rings. The highest BCUT2D eigenvalue weighted by atomic mass is 16.5. The van der Waals surface area contributed by atoms with Gasteiger partial charge >= 0.3 is 0 Å². The van der Waals surface area contributed by atoms with E-state index in [2.05, 4.69) is 35.5 Å². The Hall–Kier alpha value is -3.93. The maximum absolute atomic E-state index is 13.0. The van der Waals surface area contributed by atoms with Gasteiger partial charge in [-0.1, -0.05) is 6.07 Å². The van der Waals surface area contributed by atoms with E-state index >= 15 is 0 Å². The van der Waals surface area contributed by atoms with Crippen LogP contribution in [0.2, 0.25) is 0 Å². The third kappa shape index (κ3) is 4.70. The molecule has 0 aliphatic carbocycles. The molecular formula is C26H25N3O3. The molecule has 1 aliphatic rings. The molecule has 0 unspecified atom stereocenters. The fourth-order valence-electron chi connectivity index (χ4n) is 3.79. The number of methoxy groups -OCH3 is 1. The molecule has 0 bridgehead atoms. The molecule has 4 rings (SSSR count). The van der Waals surface area contributed by atoms with Crippen molar-refractivity contribution in [1.82, 2.24) is 10.3 Å². The minimum Gasteiger partial charge on any atom is -0.497 e. The second-order valence-corrected chi connectivity index (χ2v) is 8.40. The van der Waals surface area contributed by atoms with Gasteiger partial charge in [-0.2, -0.15) is 0 Å². The van der Waals surface area contributed by atoms with E-state index in [1.165, 1.54) is 5.56 Å². The van der Waals surface area contributed by atoms with Crippen LogP contribution in [-0.2, 0) is 6.42 Å². The molecule has 32 heavy (non-hydrogen) atoms. The van der Waals surface area contributed by atoms with Gasteiger partial charge in [-0.25, -0.2) is 0 Å². The van der Waals surface area contributed by atoms with Crippen molar-refractivity contribution < 1.29 is 14.3 Å². The number of nitrogens with zero attached hydrogens (tertiary/aromatic N) is 1. The van der Waals surface area contributed by atoms with Crippen LogP contribution in [0.15, 0.2) is 73.1 Å². The Bertz CT molecular complexity index is 1180. The Balaban J connectivity index is 1.55. The fraction of sp³-hybridized carbons (Fsp3) is 0.192. The van der Waals surface area contributed by atoms with Gasteiger partial charge in [0, 0.05) is 52.1 Å². The smallest absolute Gasteiger partial charge is 0.255 e. The Morgan fingerprint density at radius 1 is 1.03 bits per heavy atom. The van der Waals surface area contributed by atoms with Gasteiger partial charge in [0.25, 0.3) is 5.91 Å². The summed E-state index contributed by atoms with van der Waals surface area (Å²) in [7, 11) is 1.63. The number of fused-ring (bicyclic) bond motifs is 1. The van der Waals surface area contributed by atoms with Crippen LogP contribution in [0.1, 0.15) is 45.7 Å². The number of hydrogen-bond acceptors (Lipinski definition) is 5. The summed E-state index contributed by atoms with van der Waals surface area (Å²) >= 11 is 0. The molecule has 0 spiro atoms. The van der Waals surface area contributed by atoms with Crippen molar-refractivity contribution in [3.8, 4) is 5.75 Å². The number of ketones is 1. The van der Waals surface area contributed by atoms with E-state index in [-0.39, 0.29) is 17.2 Å². The highest BCUT2D eigenvalue weighted by Crippen LogP contribution is 2.32. The number of aromatic nitrogens is 1. The number of carbonyl (C=O) groups is 2. The average Bonchev–Trinajstić information content (AvgIpc) is 2.79. The first-order chi connectivity index (χ1) is 15.3. The Morgan fingerprint density at radius 2 is 1.75 bits per heavy atom. The van der Waals surface area contributed by atoms with Crippen LogP contribution >= 0.6 is 0 Å². The first kappa shape index (κ1) is 21.3. The van der Waals surface area contributed by atoms with Crippen molar-refractivity contribution in [1.29, 1.82) is 0 Å². The standard InChI is InChI=1S/C26H25N3O3/c1-26(2)16-19-6-9-21(32-3)14-22(19)23(29-26)15-24(30)17-4-7-20(8-5-17)28-25(31)18-10-12-27-13-11-18/h4-15,29H,16H2,1-3H3,(H,28,31). The molecule has 0 fully saturated rings. The summed E-state index contributed by atoms with van der Waals surface area (Å²) in [6, 6.07) is 16.1. The topological polar surface area (TPSA) is 80.3 Å². The van der Waals surface area contributed by atoms with Crippen LogP contribution < -0.4 is 15.4 Å². The molecule has 6 heteroatoms. The van der Waals surface area contributed by atoms with E-state index in [1.54, 1.807) is 62.0 Å². The van der Waals surface area contributed by atoms with Crippen LogP contribution in [0.4, 0.5) is 5.69 Å². The SMILES string of the molecule is COc1ccc2c(c1)C(=CC(=O)c1ccc(NC(=O)c3ccncc3)cc1)NC(C)(C)C2. The molecule has 0 saturated carbocycles. The molecule has 0 radical (unpaired) electrons. The second kappa shape index (κ2) is 8.67. The molecule has 2 N–H and O–H groups in total. The maximum atomic E-state index is 13.0. The lowest BCUT2D eigenvalue weighted by Gasteiger charge is -2.35. The van der Waals surface area contributed by atoms with Crippen molar-refractivity contribution in [2.75, 3.05) is 12.4 Å². The van der Waals surface area contributed by atoms with Gasteiger partial charge in [-0.3, -0.25) is 14.6 Å². The number of hydrogen-bond donors (Lipinski definition) is 2. The van der Waals surface area contributed by atoms with Gasteiger partial charge in [0.2, 0.25) is 0 Å². The zero-order valence-electron chi connectivity index (χ0n) is 18.3. The van der Waals surface area contributed by atoms with Gasteiger partial charge in [-0.15, -0.1) is 0 Å². The number of rotatable bonds is 5. The van der Waals surface area contributed by atoms with Crippen molar-refractivity contribution in [3.63, 3.8) is 0 Å². The number of amides is 1. The average molecular weight is 428 g/mol. The number of benzene rings is 2. The van der Waals surface area contributed by atoms with Crippen molar-refractivity contribution >= 4 is 23.1 Å². The van der Waals surface area contributed by atoms with Crippen LogP contribution in [0, 0.1) is 0 Å². The number of pyridine rings is 1. The van der Waals surface area contributed by atoms with E-state index in [1.807, 2.05) is 12.1 Å². The molecule has 0 atom stereocenters. The quantitative estimate of drug-likeness (QED) is 0.463. The second-order valence-electron chi connectivity index (χ2n) is 8.40. The number of nitrogens with one attached hydrogen (secondary N) is 2. The molecule has 0 saturated heterocycles. The van der Waals surface area contributed by atoms with Crippen LogP contribution in [-0.4, -0.2) is 29.3 Å². The summed E-state index contributed by atoms with van der Waals surface area (Å²) in [5.41, 5.74) is 4.41. The van der Waals surface area contributed by atoms with Crippen molar-refractivity contribution in [2.45, 2.75) is 25.8 Å². The Kier molecular flexibility index (Phi) is 5.77. The first-order valence-electron chi connectivity index (χ1n) is 10.4. The molecule has 1 amide bonds. The normalized spacial score (nSPS) is 15.4. The summed E-state index contributed by atoms with van der Waals surface area (Å²) in [6.07, 6.45) is 5.62. The van der Waals surface area contributed by atoms with Gasteiger partial charge in [0.05, 0.1) is 7.11 Å². The van der Waals surface area contributed by atoms with Crippen LogP contribution in [0.3, 0.4) is 0 Å². The molecule has 1 aromatic heterocycles. The number of anilines is 1. The monoisotopic (exact) mass is 427 g/mol. The van der Waals surface area contributed by atoms with Crippen molar-refractivity contribution in [3.05, 3.63) is 95.3 Å². The van der Waals surface area contributed by atoms with E-state index < -0.39 is 0 Å². The highest BCUT2D eigenvalue weighted by molar-refractivity contribution is 6.09. The fourth-order valence-corrected chi connectivity index (χ4v) is 3.79. The van der Waals surface area contributed by atoms with E-state index in [9.17, 15) is 9.59 Å². The predicted octanol–water partition coefficient (Wildman–Crippen LogP) is 4.49. The summed E-state index contributed by atoms with van der Waals surface area (Å²) < 4.78 is 5.37. The van der Waals surface area contributed by atoms with Gasteiger partial charge in [-0.05, 0) is 74.4 Å². The molecular weight excluding hydrogens is 402 g/mol. The molecule has 1 aliphatic heterocycles.